The zero-order valence-electron chi connectivity index (χ0n) is 14.3. The van der Waals surface area contributed by atoms with Crippen LogP contribution in [0, 0.1) is 0 Å². The first-order valence-corrected chi connectivity index (χ1v) is 11.3. The molecule has 136 valence electrons. The lowest BCUT2D eigenvalue weighted by molar-refractivity contribution is 0.692. The van der Waals surface area contributed by atoms with Crippen LogP contribution in [0.5, 0.6) is 0 Å². The van der Waals surface area contributed by atoms with Crippen molar-refractivity contribution in [2.24, 2.45) is 0 Å². The lowest BCUT2D eigenvalue weighted by Gasteiger charge is -2.13. The van der Waals surface area contributed by atoms with Gasteiger partial charge in [-0.3, -0.25) is 4.79 Å². The fourth-order valence-electron chi connectivity index (χ4n) is 3.33. The molecule has 7 heteroatoms. The summed E-state index contributed by atoms with van der Waals surface area (Å²) in [4.78, 5) is 19.9. The molecule has 3 aromatic rings. The van der Waals surface area contributed by atoms with Crippen molar-refractivity contribution in [2.45, 2.75) is 50.1 Å². The standard InChI is InChI=1S/C19H18Cl2N2OS2/c1-2-23-18-16(17(24)12-5-3-4-6-15(12)26-18)22-19(23)25-10-11-7-8-13(20)14(21)9-11/h7-9H,2-6,10H2,1H3. The van der Waals surface area contributed by atoms with Crippen molar-refractivity contribution in [1.29, 1.82) is 0 Å². The molecule has 0 amide bonds. The number of halogens is 2. The second-order valence-electron chi connectivity index (χ2n) is 6.37. The van der Waals surface area contributed by atoms with Crippen LogP contribution in [0.15, 0.2) is 28.2 Å². The average Bonchev–Trinajstić information content (AvgIpc) is 3.00. The quantitative estimate of drug-likeness (QED) is 0.484. The number of fused-ring (bicyclic) bond motifs is 2. The molecular weight excluding hydrogens is 407 g/mol. The van der Waals surface area contributed by atoms with Gasteiger partial charge in [0.05, 0.1) is 10.0 Å². The summed E-state index contributed by atoms with van der Waals surface area (Å²) in [5.74, 6) is 0.735. The average molecular weight is 425 g/mol. The zero-order chi connectivity index (χ0) is 18.3. The number of nitrogens with zero attached hydrogens (tertiary/aromatic N) is 2. The Kier molecular flexibility index (Phi) is 5.33. The van der Waals surface area contributed by atoms with Gasteiger partial charge in [0.25, 0.3) is 0 Å². The lowest BCUT2D eigenvalue weighted by Crippen LogP contribution is -2.15. The molecule has 0 fully saturated rings. The molecule has 1 aliphatic rings. The van der Waals surface area contributed by atoms with Crippen LogP contribution >= 0.6 is 46.3 Å². The molecule has 0 spiro atoms. The minimum atomic E-state index is 0.136. The predicted octanol–water partition coefficient (Wildman–Crippen LogP) is 5.96. The normalized spacial score (nSPS) is 14.0. The van der Waals surface area contributed by atoms with E-state index >= 15 is 0 Å². The number of aryl methyl sites for hydroxylation is 2. The minimum Gasteiger partial charge on any atom is -0.311 e. The first kappa shape index (κ1) is 18.4. The summed E-state index contributed by atoms with van der Waals surface area (Å²) >= 11 is 15.5. The molecule has 4 rings (SSSR count). The zero-order valence-corrected chi connectivity index (χ0v) is 17.5. The predicted molar refractivity (Wildman–Crippen MR) is 112 cm³/mol. The van der Waals surface area contributed by atoms with Gasteiger partial charge in [-0.15, -0.1) is 11.3 Å². The molecule has 0 N–H and O–H groups in total. The van der Waals surface area contributed by atoms with Gasteiger partial charge in [-0.2, -0.15) is 0 Å². The summed E-state index contributed by atoms with van der Waals surface area (Å²) in [6.45, 7) is 2.90. The second-order valence-corrected chi connectivity index (χ2v) is 9.21. The van der Waals surface area contributed by atoms with Gasteiger partial charge in [-0.05, 0) is 50.3 Å². The summed E-state index contributed by atoms with van der Waals surface area (Å²) in [5, 5.41) is 2.01. The smallest absolute Gasteiger partial charge is 0.211 e. The Labute approximate surface area is 170 Å². The topological polar surface area (TPSA) is 34.9 Å². The number of benzene rings is 1. The number of rotatable bonds is 4. The Morgan fingerprint density at radius 2 is 2.04 bits per heavy atom. The van der Waals surface area contributed by atoms with E-state index < -0.39 is 0 Å². The molecule has 1 aromatic carbocycles. The van der Waals surface area contributed by atoms with Crippen molar-refractivity contribution < 1.29 is 0 Å². The maximum atomic E-state index is 12.9. The fourth-order valence-corrected chi connectivity index (χ4v) is 6.07. The molecule has 0 unspecified atom stereocenters. The van der Waals surface area contributed by atoms with E-state index in [-0.39, 0.29) is 5.43 Å². The van der Waals surface area contributed by atoms with Crippen LogP contribution in [0.25, 0.3) is 10.3 Å². The third kappa shape index (κ3) is 3.31. The molecule has 0 atom stereocenters. The van der Waals surface area contributed by atoms with E-state index in [4.69, 9.17) is 28.2 Å². The fraction of sp³-hybridized carbons (Fsp3) is 0.368. The third-order valence-corrected chi connectivity index (χ3v) is 7.77. The minimum absolute atomic E-state index is 0.136. The van der Waals surface area contributed by atoms with E-state index in [2.05, 4.69) is 11.5 Å². The van der Waals surface area contributed by atoms with Gasteiger partial charge in [-0.1, -0.05) is 41.0 Å². The van der Waals surface area contributed by atoms with Crippen molar-refractivity contribution in [3.63, 3.8) is 0 Å². The highest BCUT2D eigenvalue weighted by molar-refractivity contribution is 7.98. The van der Waals surface area contributed by atoms with Crippen LogP contribution in [0.4, 0.5) is 0 Å². The molecule has 0 saturated carbocycles. The molecule has 0 saturated heterocycles. The van der Waals surface area contributed by atoms with E-state index in [0.29, 0.717) is 15.6 Å². The van der Waals surface area contributed by atoms with Gasteiger partial charge in [0, 0.05) is 22.7 Å². The Bertz CT molecular complexity index is 1040. The number of thioether (sulfide) groups is 1. The maximum Gasteiger partial charge on any atom is 0.211 e. The Morgan fingerprint density at radius 3 is 2.81 bits per heavy atom. The van der Waals surface area contributed by atoms with Crippen molar-refractivity contribution in [3.8, 4) is 0 Å². The third-order valence-electron chi connectivity index (χ3n) is 4.68. The summed E-state index contributed by atoms with van der Waals surface area (Å²) in [5.41, 5.74) is 2.85. The lowest BCUT2D eigenvalue weighted by atomic mass is 9.98. The highest BCUT2D eigenvalue weighted by atomic mass is 35.5. The van der Waals surface area contributed by atoms with Gasteiger partial charge in [0.2, 0.25) is 5.43 Å². The van der Waals surface area contributed by atoms with Crippen LogP contribution < -0.4 is 5.43 Å². The summed E-state index contributed by atoms with van der Waals surface area (Å²) in [7, 11) is 0. The molecule has 3 nitrogen and oxygen atoms in total. The van der Waals surface area contributed by atoms with E-state index in [1.807, 2.05) is 18.2 Å². The van der Waals surface area contributed by atoms with Crippen molar-refractivity contribution in [3.05, 3.63) is 54.5 Å². The molecule has 2 aromatic heterocycles. The van der Waals surface area contributed by atoms with Crippen molar-refractivity contribution in [2.75, 3.05) is 0 Å². The Hall–Kier alpha value is -1.01. The molecule has 1 aliphatic carbocycles. The van der Waals surface area contributed by atoms with Gasteiger partial charge in [0.1, 0.15) is 10.3 Å². The number of aromatic nitrogens is 2. The van der Waals surface area contributed by atoms with Crippen LogP contribution in [-0.2, 0) is 25.1 Å². The summed E-state index contributed by atoms with van der Waals surface area (Å²) in [6.07, 6.45) is 4.19. The molecule has 0 radical (unpaired) electrons. The molecule has 2 heterocycles. The van der Waals surface area contributed by atoms with Crippen LogP contribution in [0.3, 0.4) is 0 Å². The summed E-state index contributed by atoms with van der Waals surface area (Å²) < 4.78 is 2.17. The van der Waals surface area contributed by atoms with Gasteiger partial charge in [0.15, 0.2) is 5.16 Å². The highest BCUT2D eigenvalue weighted by Gasteiger charge is 2.21. The van der Waals surface area contributed by atoms with E-state index in [9.17, 15) is 4.79 Å². The van der Waals surface area contributed by atoms with Gasteiger partial charge < -0.3 is 4.57 Å². The molecular formula is C19H18Cl2N2OS2. The Balaban J connectivity index is 1.71. The van der Waals surface area contributed by atoms with E-state index in [0.717, 1.165) is 52.7 Å². The van der Waals surface area contributed by atoms with Crippen molar-refractivity contribution in [1.82, 2.24) is 9.55 Å². The number of hydrogen-bond acceptors (Lipinski definition) is 4. The SMILES string of the molecule is CCn1c(SCc2ccc(Cl)c(Cl)c2)nc2c(=O)c3c(sc21)CCCC3. The monoisotopic (exact) mass is 424 g/mol. The summed E-state index contributed by atoms with van der Waals surface area (Å²) in [6, 6.07) is 5.67. The molecule has 26 heavy (non-hydrogen) atoms. The number of imidazole rings is 1. The van der Waals surface area contributed by atoms with Crippen LogP contribution in [-0.4, -0.2) is 9.55 Å². The van der Waals surface area contributed by atoms with Gasteiger partial charge >= 0.3 is 0 Å². The largest absolute Gasteiger partial charge is 0.311 e. The number of hydrogen-bond donors (Lipinski definition) is 0. The van der Waals surface area contributed by atoms with Crippen LogP contribution in [0.1, 0.15) is 35.8 Å². The second kappa shape index (κ2) is 7.55. The van der Waals surface area contributed by atoms with Crippen molar-refractivity contribution >= 4 is 56.6 Å². The first-order valence-electron chi connectivity index (χ1n) is 8.70. The maximum absolute atomic E-state index is 12.9. The van der Waals surface area contributed by atoms with E-state index in [1.54, 1.807) is 23.1 Å². The molecule has 0 aliphatic heterocycles. The first-order chi connectivity index (χ1) is 12.6. The van der Waals surface area contributed by atoms with Gasteiger partial charge in [-0.25, -0.2) is 4.98 Å². The highest BCUT2D eigenvalue weighted by Crippen LogP contribution is 2.33. The van der Waals surface area contributed by atoms with Crippen LogP contribution in [0.2, 0.25) is 10.0 Å². The molecule has 0 bridgehead atoms. The van der Waals surface area contributed by atoms with E-state index in [1.165, 1.54) is 11.3 Å². The Morgan fingerprint density at radius 1 is 1.23 bits per heavy atom.